The smallest absolute Gasteiger partial charge is 0.252 e. The molecule has 0 aliphatic carbocycles. The lowest BCUT2D eigenvalue weighted by Gasteiger charge is -2.26. The maximum atomic E-state index is 12.5. The molecule has 1 atom stereocenters. The van der Waals surface area contributed by atoms with Crippen molar-refractivity contribution in [1.29, 1.82) is 0 Å². The molecular formula is C30H39N3O2S. The molecule has 0 saturated carbocycles. The SMILES string of the molecule is CCCC/C=C(\c1ccc(-c2ccc(/C=C3\CCC(C)C(=S)NC3=O)o2)cc1)N1CCCN(C)CC1. The summed E-state index contributed by atoms with van der Waals surface area (Å²) in [4.78, 5) is 18.1. The van der Waals surface area contributed by atoms with Gasteiger partial charge in [0, 0.05) is 42.4 Å². The second-order valence-corrected chi connectivity index (χ2v) is 10.5. The average molecular weight is 506 g/mol. The Morgan fingerprint density at radius 2 is 1.94 bits per heavy atom. The van der Waals surface area contributed by atoms with Crippen molar-refractivity contribution >= 4 is 34.9 Å². The Hall–Kier alpha value is -2.70. The lowest BCUT2D eigenvalue weighted by molar-refractivity contribution is -0.116. The van der Waals surface area contributed by atoms with Gasteiger partial charge >= 0.3 is 0 Å². The van der Waals surface area contributed by atoms with Crippen LogP contribution in [0.2, 0.25) is 0 Å². The van der Waals surface area contributed by atoms with Crippen LogP contribution < -0.4 is 5.32 Å². The molecule has 4 rings (SSSR count). The Morgan fingerprint density at radius 3 is 2.72 bits per heavy atom. The Labute approximate surface area is 221 Å². The lowest BCUT2D eigenvalue weighted by atomic mass is 10.0. The van der Waals surface area contributed by atoms with Crippen LogP contribution in [-0.4, -0.2) is 53.9 Å². The number of benzene rings is 1. The molecule has 3 heterocycles. The third-order valence-electron chi connectivity index (χ3n) is 7.19. The van der Waals surface area contributed by atoms with Crippen molar-refractivity contribution in [1.82, 2.24) is 15.1 Å². The molecule has 0 spiro atoms. The van der Waals surface area contributed by atoms with Crippen molar-refractivity contribution in [2.24, 2.45) is 5.92 Å². The molecule has 1 amide bonds. The van der Waals surface area contributed by atoms with Gasteiger partial charge in [-0.25, -0.2) is 0 Å². The van der Waals surface area contributed by atoms with Gasteiger partial charge in [0.1, 0.15) is 11.5 Å². The fourth-order valence-corrected chi connectivity index (χ4v) is 5.00. The first-order chi connectivity index (χ1) is 17.4. The molecule has 36 heavy (non-hydrogen) atoms. The van der Waals surface area contributed by atoms with Crippen molar-refractivity contribution in [2.45, 2.75) is 52.4 Å². The van der Waals surface area contributed by atoms with Crippen LogP contribution in [-0.2, 0) is 4.79 Å². The number of likely N-dealkylation sites (N-methyl/N-ethyl adjacent to an activating group) is 1. The van der Waals surface area contributed by atoms with Crippen LogP contribution in [0.25, 0.3) is 23.1 Å². The van der Waals surface area contributed by atoms with Crippen LogP contribution in [0.1, 0.15) is 63.7 Å². The molecule has 6 heteroatoms. The number of hydrogen-bond donors (Lipinski definition) is 1. The molecule has 192 valence electrons. The summed E-state index contributed by atoms with van der Waals surface area (Å²) in [6, 6.07) is 12.6. The van der Waals surface area contributed by atoms with Crippen LogP contribution in [0.4, 0.5) is 0 Å². The molecule has 2 saturated heterocycles. The number of hydrogen-bond acceptors (Lipinski definition) is 5. The zero-order chi connectivity index (χ0) is 25.5. The number of carbonyl (C=O) groups excluding carboxylic acids is 1. The molecule has 1 aromatic heterocycles. The highest BCUT2D eigenvalue weighted by Gasteiger charge is 2.22. The summed E-state index contributed by atoms with van der Waals surface area (Å²) in [6.45, 7) is 8.70. The summed E-state index contributed by atoms with van der Waals surface area (Å²) in [6.07, 6.45) is 10.5. The first-order valence-electron chi connectivity index (χ1n) is 13.3. The van der Waals surface area contributed by atoms with E-state index in [1.54, 1.807) is 0 Å². The summed E-state index contributed by atoms with van der Waals surface area (Å²) in [5.74, 6) is 1.58. The molecule has 1 aromatic carbocycles. The van der Waals surface area contributed by atoms with E-state index in [1.165, 1.54) is 30.5 Å². The van der Waals surface area contributed by atoms with Crippen molar-refractivity contribution in [2.75, 3.05) is 33.2 Å². The molecule has 0 bridgehead atoms. The van der Waals surface area contributed by atoms with Gasteiger partial charge < -0.3 is 19.5 Å². The van der Waals surface area contributed by atoms with E-state index in [9.17, 15) is 4.79 Å². The van der Waals surface area contributed by atoms with E-state index in [1.807, 2.05) is 18.2 Å². The maximum Gasteiger partial charge on any atom is 0.252 e. The normalized spacial score (nSPS) is 21.4. The number of furan rings is 1. The Balaban J connectivity index is 1.51. The number of amides is 1. The average Bonchev–Trinajstić information content (AvgIpc) is 3.19. The number of thiocarbonyl (C=S) groups is 1. The van der Waals surface area contributed by atoms with Crippen LogP contribution in [0.15, 0.2) is 52.5 Å². The fourth-order valence-electron chi connectivity index (χ4n) is 4.79. The maximum absolute atomic E-state index is 12.5. The monoisotopic (exact) mass is 505 g/mol. The van der Waals surface area contributed by atoms with Crippen molar-refractivity contribution in [3.63, 3.8) is 0 Å². The van der Waals surface area contributed by atoms with Gasteiger partial charge in [-0.3, -0.25) is 4.79 Å². The minimum atomic E-state index is -0.117. The molecule has 0 radical (unpaired) electrons. The van der Waals surface area contributed by atoms with Crippen molar-refractivity contribution < 1.29 is 9.21 Å². The first kappa shape index (κ1) is 26.4. The molecule has 2 aliphatic rings. The highest BCUT2D eigenvalue weighted by atomic mass is 32.1. The largest absolute Gasteiger partial charge is 0.457 e. The Bertz CT molecular complexity index is 1120. The molecule has 1 unspecified atom stereocenters. The summed E-state index contributed by atoms with van der Waals surface area (Å²) < 4.78 is 6.12. The number of nitrogens with zero attached hydrogens (tertiary/aromatic N) is 2. The van der Waals surface area contributed by atoms with Gasteiger partial charge in [-0.15, -0.1) is 0 Å². The number of nitrogens with one attached hydrogen (secondary N) is 1. The van der Waals surface area contributed by atoms with E-state index in [0.717, 1.165) is 50.3 Å². The van der Waals surface area contributed by atoms with Crippen molar-refractivity contribution in [3.05, 3.63) is 59.4 Å². The second kappa shape index (κ2) is 12.5. The van der Waals surface area contributed by atoms with Gasteiger partial charge in [-0.2, -0.15) is 0 Å². The van der Waals surface area contributed by atoms with Crippen LogP contribution >= 0.6 is 12.2 Å². The highest BCUT2D eigenvalue weighted by molar-refractivity contribution is 7.80. The predicted octanol–water partition coefficient (Wildman–Crippen LogP) is 6.37. The quantitative estimate of drug-likeness (QED) is 0.269. The lowest BCUT2D eigenvalue weighted by Crippen LogP contribution is -2.30. The summed E-state index contributed by atoms with van der Waals surface area (Å²) in [5, 5.41) is 2.84. The molecule has 5 nitrogen and oxygen atoms in total. The third-order valence-corrected chi connectivity index (χ3v) is 7.69. The van der Waals surface area contributed by atoms with E-state index in [-0.39, 0.29) is 11.8 Å². The van der Waals surface area contributed by atoms with Gasteiger partial charge in [0.25, 0.3) is 5.91 Å². The van der Waals surface area contributed by atoms with Gasteiger partial charge in [0.05, 0.1) is 4.99 Å². The fraction of sp³-hybridized carbons (Fsp3) is 0.467. The summed E-state index contributed by atoms with van der Waals surface area (Å²) in [5.41, 5.74) is 4.35. The molecule has 1 N–H and O–H groups in total. The van der Waals surface area contributed by atoms with E-state index < -0.39 is 0 Å². The number of unbranched alkanes of at least 4 members (excludes halogenated alkanes) is 2. The van der Waals surface area contributed by atoms with Crippen LogP contribution in [0, 0.1) is 5.92 Å². The highest BCUT2D eigenvalue weighted by Crippen LogP contribution is 2.29. The topological polar surface area (TPSA) is 48.7 Å². The van der Waals surface area contributed by atoms with Crippen LogP contribution in [0.3, 0.4) is 0 Å². The summed E-state index contributed by atoms with van der Waals surface area (Å²) >= 11 is 5.30. The zero-order valence-electron chi connectivity index (χ0n) is 21.9. The van der Waals surface area contributed by atoms with E-state index in [2.05, 4.69) is 66.4 Å². The van der Waals surface area contributed by atoms with Gasteiger partial charge in [0.15, 0.2) is 0 Å². The van der Waals surface area contributed by atoms with Gasteiger partial charge in [-0.1, -0.05) is 62.8 Å². The molecule has 2 aromatic rings. The van der Waals surface area contributed by atoms with Crippen LogP contribution in [0.5, 0.6) is 0 Å². The molecular weight excluding hydrogens is 466 g/mol. The van der Waals surface area contributed by atoms with E-state index >= 15 is 0 Å². The molecule has 2 aliphatic heterocycles. The second-order valence-electron chi connectivity index (χ2n) is 10.1. The van der Waals surface area contributed by atoms with Gasteiger partial charge in [-0.05, 0) is 69.5 Å². The minimum absolute atomic E-state index is 0.117. The van der Waals surface area contributed by atoms with E-state index in [0.29, 0.717) is 22.7 Å². The summed E-state index contributed by atoms with van der Waals surface area (Å²) in [7, 11) is 2.21. The number of rotatable bonds is 7. The van der Waals surface area contributed by atoms with Crippen molar-refractivity contribution in [3.8, 4) is 11.3 Å². The zero-order valence-corrected chi connectivity index (χ0v) is 22.7. The van der Waals surface area contributed by atoms with E-state index in [4.69, 9.17) is 16.6 Å². The molecule has 2 fully saturated rings. The predicted molar refractivity (Wildman–Crippen MR) is 152 cm³/mol. The Morgan fingerprint density at radius 1 is 1.14 bits per heavy atom. The number of carbonyl (C=O) groups is 1. The third kappa shape index (κ3) is 6.74. The van der Waals surface area contributed by atoms with Gasteiger partial charge in [0.2, 0.25) is 0 Å². The number of allylic oxidation sites excluding steroid dienone is 1. The standard InChI is InChI=1S/C30H39N3O2S/c1-4-5-6-8-27(33-18-7-17-32(3)19-20-33)23-11-13-24(14-12-23)28-16-15-26(35-28)21-25-10-9-22(2)30(36)31-29(25)34/h8,11-16,21-22H,4-7,9-10,17-20H2,1-3H3,(H,31,34,36)/b25-21+,27-8+. The Kier molecular flexibility index (Phi) is 9.16. The minimum Gasteiger partial charge on any atom is -0.457 e. The first-order valence-corrected chi connectivity index (χ1v) is 13.8.